The van der Waals surface area contributed by atoms with Gasteiger partial charge in [-0.15, -0.1) is 0 Å². The Kier molecular flexibility index (Phi) is 4.52. The van der Waals surface area contributed by atoms with Gasteiger partial charge in [-0.25, -0.2) is 0 Å². The molecule has 4 heteroatoms. The first-order valence-corrected chi connectivity index (χ1v) is 7.08. The lowest BCUT2D eigenvalue weighted by Gasteiger charge is -2.25. The summed E-state index contributed by atoms with van der Waals surface area (Å²) in [6.45, 7) is 2.24. The van der Waals surface area contributed by atoms with E-state index in [1.54, 1.807) is 18.2 Å². The molecule has 0 spiro atoms. The molecule has 1 amide bonds. The topological polar surface area (TPSA) is 29.1 Å². The standard InChI is InChI=1S/C14H17Cl2NO/c1-9-2-4-10(5-3-9)14(18)17-13-7-6-11(15)8-12(13)16/h6-10H,2-5H2,1H3,(H,17,18). The van der Waals surface area contributed by atoms with Crippen molar-refractivity contribution >= 4 is 34.8 Å². The van der Waals surface area contributed by atoms with Crippen molar-refractivity contribution in [3.8, 4) is 0 Å². The molecule has 2 nitrogen and oxygen atoms in total. The maximum absolute atomic E-state index is 12.1. The highest BCUT2D eigenvalue weighted by molar-refractivity contribution is 6.36. The summed E-state index contributed by atoms with van der Waals surface area (Å²) in [6.07, 6.45) is 4.20. The number of amides is 1. The van der Waals surface area contributed by atoms with Crippen LogP contribution >= 0.6 is 23.2 Å². The Morgan fingerprint density at radius 3 is 2.50 bits per heavy atom. The molecule has 0 atom stereocenters. The van der Waals surface area contributed by atoms with Gasteiger partial charge < -0.3 is 5.32 Å². The summed E-state index contributed by atoms with van der Waals surface area (Å²) in [5, 5.41) is 3.95. The minimum atomic E-state index is 0.0751. The molecule has 0 unspecified atom stereocenters. The highest BCUT2D eigenvalue weighted by atomic mass is 35.5. The molecule has 1 aromatic carbocycles. The third-order valence-electron chi connectivity index (χ3n) is 3.58. The van der Waals surface area contributed by atoms with Gasteiger partial charge in [-0.3, -0.25) is 4.79 Å². The fourth-order valence-corrected chi connectivity index (χ4v) is 2.80. The Labute approximate surface area is 118 Å². The predicted octanol–water partition coefficient (Wildman–Crippen LogP) is 4.76. The first-order chi connectivity index (χ1) is 8.56. The van der Waals surface area contributed by atoms with E-state index in [-0.39, 0.29) is 11.8 Å². The van der Waals surface area contributed by atoms with Crippen molar-refractivity contribution in [2.75, 3.05) is 5.32 Å². The van der Waals surface area contributed by atoms with Crippen LogP contribution in [0.15, 0.2) is 18.2 Å². The SMILES string of the molecule is CC1CCC(C(=O)Nc2ccc(Cl)cc2Cl)CC1. The fourth-order valence-electron chi connectivity index (χ4n) is 2.35. The first-order valence-electron chi connectivity index (χ1n) is 6.32. The lowest BCUT2D eigenvalue weighted by Crippen LogP contribution is -2.26. The number of rotatable bonds is 2. The second kappa shape index (κ2) is 5.94. The number of halogens is 2. The van der Waals surface area contributed by atoms with E-state index in [1.807, 2.05) is 0 Å². The molecule has 1 N–H and O–H groups in total. The van der Waals surface area contributed by atoms with Gasteiger partial charge in [0.1, 0.15) is 0 Å². The van der Waals surface area contributed by atoms with Crippen molar-refractivity contribution in [3.05, 3.63) is 28.2 Å². The van der Waals surface area contributed by atoms with Crippen LogP contribution in [0.3, 0.4) is 0 Å². The molecule has 18 heavy (non-hydrogen) atoms. The van der Waals surface area contributed by atoms with Gasteiger partial charge in [0.05, 0.1) is 10.7 Å². The molecular formula is C14H17Cl2NO. The average Bonchev–Trinajstić information content (AvgIpc) is 2.33. The van der Waals surface area contributed by atoms with Gasteiger partial charge in [-0.1, -0.05) is 30.1 Å². The van der Waals surface area contributed by atoms with Crippen LogP contribution in [0.5, 0.6) is 0 Å². The summed E-state index contributed by atoms with van der Waals surface area (Å²) in [6, 6.07) is 5.11. The molecule has 0 heterocycles. The number of nitrogens with one attached hydrogen (secondary N) is 1. The molecule has 1 aromatic rings. The molecule has 0 aliphatic heterocycles. The van der Waals surface area contributed by atoms with Crippen LogP contribution in [-0.2, 0) is 4.79 Å². The Hall–Kier alpha value is -0.730. The predicted molar refractivity (Wildman–Crippen MR) is 76.2 cm³/mol. The van der Waals surface area contributed by atoms with Gasteiger partial charge in [0.25, 0.3) is 0 Å². The number of anilines is 1. The van der Waals surface area contributed by atoms with Gasteiger partial charge >= 0.3 is 0 Å². The molecule has 1 aliphatic rings. The molecular weight excluding hydrogens is 269 g/mol. The maximum atomic E-state index is 12.1. The molecule has 0 saturated heterocycles. The minimum absolute atomic E-state index is 0.0751. The Balaban J connectivity index is 1.98. The zero-order chi connectivity index (χ0) is 13.1. The van der Waals surface area contributed by atoms with Gasteiger partial charge in [-0.05, 0) is 49.8 Å². The van der Waals surface area contributed by atoms with Crippen LogP contribution in [0, 0.1) is 11.8 Å². The monoisotopic (exact) mass is 285 g/mol. The summed E-state index contributed by atoms with van der Waals surface area (Å²) >= 11 is 11.9. The van der Waals surface area contributed by atoms with E-state index in [1.165, 1.54) is 0 Å². The molecule has 0 aromatic heterocycles. The summed E-state index contributed by atoms with van der Waals surface area (Å²) < 4.78 is 0. The van der Waals surface area contributed by atoms with Crippen LogP contribution in [0.25, 0.3) is 0 Å². The van der Waals surface area contributed by atoms with E-state index in [0.717, 1.165) is 31.6 Å². The minimum Gasteiger partial charge on any atom is -0.325 e. The van der Waals surface area contributed by atoms with Crippen LogP contribution in [0.1, 0.15) is 32.6 Å². The fraction of sp³-hybridized carbons (Fsp3) is 0.500. The Morgan fingerprint density at radius 2 is 1.89 bits per heavy atom. The van der Waals surface area contributed by atoms with Crippen molar-refractivity contribution in [1.29, 1.82) is 0 Å². The van der Waals surface area contributed by atoms with Crippen molar-refractivity contribution in [2.45, 2.75) is 32.6 Å². The van der Waals surface area contributed by atoms with Crippen LogP contribution in [0.4, 0.5) is 5.69 Å². The molecule has 1 aliphatic carbocycles. The largest absolute Gasteiger partial charge is 0.325 e. The normalized spacial score (nSPS) is 23.7. The van der Waals surface area contributed by atoms with Crippen molar-refractivity contribution in [3.63, 3.8) is 0 Å². The third kappa shape index (κ3) is 3.39. The number of hydrogen-bond acceptors (Lipinski definition) is 1. The summed E-state index contributed by atoms with van der Waals surface area (Å²) in [4.78, 5) is 12.1. The molecule has 1 saturated carbocycles. The van der Waals surface area contributed by atoms with E-state index >= 15 is 0 Å². The van der Waals surface area contributed by atoms with Crippen molar-refractivity contribution < 1.29 is 4.79 Å². The lowest BCUT2D eigenvalue weighted by molar-refractivity contribution is -0.121. The van der Waals surface area contributed by atoms with E-state index in [2.05, 4.69) is 12.2 Å². The molecule has 1 fully saturated rings. The van der Waals surface area contributed by atoms with Gasteiger partial charge in [0.15, 0.2) is 0 Å². The van der Waals surface area contributed by atoms with Crippen LogP contribution < -0.4 is 5.32 Å². The van der Waals surface area contributed by atoms with Gasteiger partial charge in [0, 0.05) is 10.9 Å². The number of carbonyl (C=O) groups excluding carboxylic acids is 1. The van der Waals surface area contributed by atoms with Crippen LogP contribution in [0.2, 0.25) is 10.0 Å². The Morgan fingerprint density at radius 1 is 1.22 bits per heavy atom. The maximum Gasteiger partial charge on any atom is 0.227 e. The highest BCUT2D eigenvalue weighted by Crippen LogP contribution is 2.31. The van der Waals surface area contributed by atoms with Crippen molar-refractivity contribution in [2.24, 2.45) is 11.8 Å². The average molecular weight is 286 g/mol. The first kappa shape index (κ1) is 13.7. The van der Waals surface area contributed by atoms with E-state index in [9.17, 15) is 4.79 Å². The molecule has 0 bridgehead atoms. The van der Waals surface area contributed by atoms with Gasteiger partial charge in [0.2, 0.25) is 5.91 Å². The second-order valence-corrected chi connectivity index (χ2v) is 5.91. The summed E-state index contributed by atoms with van der Waals surface area (Å²) in [5.41, 5.74) is 0.643. The van der Waals surface area contributed by atoms with E-state index in [4.69, 9.17) is 23.2 Å². The quantitative estimate of drug-likeness (QED) is 0.834. The lowest BCUT2D eigenvalue weighted by atomic mass is 9.82. The third-order valence-corrected chi connectivity index (χ3v) is 4.12. The van der Waals surface area contributed by atoms with Crippen LogP contribution in [-0.4, -0.2) is 5.91 Å². The Bertz CT molecular complexity index is 439. The number of carbonyl (C=O) groups is 1. The second-order valence-electron chi connectivity index (χ2n) is 5.07. The van der Waals surface area contributed by atoms with E-state index < -0.39 is 0 Å². The van der Waals surface area contributed by atoms with Crippen molar-refractivity contribution in [1.82, 2.24) is 0 Å². The number of hydrogen-bond donors (Lipinski definition) is 1. The molecule has 0 radical (unpaired) electrons. The van der Waals surface area contributed by atoms with Gasteiger partial charge in [-0.2, -0.15) is 0 Å². The highest BCUT2D eigenvalue weighted by Gasteiger charge is 2.24. The van der Waals surface area contributed by atoms with E-state index in [0.29, 0.717) is 15.7 Å². The molecule has 2 rings (SSSR count). The zero-order valence-electron chi connectivity index (χ0n) is 10.4. The zero-order valence-corrected chi connectivity index (χ0v) is 11.9. The summed E-state index contributed by atoms with van der Waals surface area (Å²) in [5.74, 6) is 0.937. The summed E-state index contributed by atoms with van der Waals surface area (Å²) in [7, 11) is 0. The molecule has 98 valence electrons. The smallest absolute Gasteiger partial charge is 0.227 e. The number of benzene rings is 1.